The molecule has 0 saturated heterocycles. The van der Waals surface area contributed by atoms with E-state index in [-0.39, 0.29) is 0 Å². The predicted octanol–water partition coefficient (Wildman–Crippen LogP) is -1.22. The molecule has 1 aromatic rings. The molecule has 0 aromatic carbocycles. The standard InChI is InChI=1S/C5H8N4S/c6-5(7,10)9-3-1-2-8-4-9/h1-4H,6-7H2/p+1. The molecule has 0 atom stereocenters. The van der Waals surface area contributed by atoms with Gasteiger partial charge in [0.1, 0.15) is 6.20 Å². The number of hydrogen-bond donors (Lipinski definition) is 3. The largest absolute Gasteiger partial charge is 0.289 e. The quantitative estimate of drug-likeness (QED) is 0.272. The zero-order chi connectivity index (χ0) is 7.61. The van der Waals surface area contributed by atoms with Gasteiger partial charge < -0.3 is 0 Å². The van der Waals surface area contributed by atoms with E-state index in [2.05, 4.69) is 17.6 Å². The third-order valence-electron chi connectivity index (χ3n) is 1.02. The average molecular weight is 157 g/mol. The fourth-order valence-electron chi connectivity index (χ4n) is 0.542. The van der Waals surface area contributed by atoms with E-state index in [1.807, 2.05) is 0 Å². The van der Waals surface area contributed by atoms with Crippen molar-refractivity contribution in [2.45, 2.75) is 5.12 Å². The first-order valence-corrected chi connectivity index (χ1v) is 3.17. The lowest BCUT2D eigenvalue weighted by Gasteiger charge is -2.12. The van der Waals surface area contributed by atoms with Crippen molar-refractivity contribution >= 4 is 12.6 Å². The maximum Gasteiger partial charge on any atom is 0.289 e. The molecule has 1 aromatic heterocycles. The molecule has 0 amide bonds. The molecular formula is C5H9N4S+. The summed E-state index contributed by atoms with van der Waals surface area (Å²) in [4.78, 5) is 3.81. The van der Waals surface area contributed by atoms with E-state index in [0.717, 1.165) is 0 Å². The van der Waals surface area contributed by atoms with Gasteiger partial charge in [-0.05, 0) is 0 Å². The maximum atomic E-state index is 5.42. The maximum absolute atomic E-state index is 5.42. The second-order valence-corrected chi connectivity index (χ2v) is 2.66. The number of thiol groups is 1. The molecule has 0 bridgehead atoms. The van der Waals surface area contributed by atoms with Gasteiger partial charge in [0.2, 0.25) is 0 Å². The van der Waals surface area contributed by atoms with E-state index in [1.165, 1.54) is 10.9 Å². The van der Waals surface area contributed by atoms with Crippen molar-refractivity contribution in [3.8, 4) is 0 Å². The third-order valence-corrected chi connectivity index (χ3v) is 1.25. The first kappa shape index (κ1) is 7.46. The Morgan fingerprint density at radius 3 is 2.50 bits per heavy atom. The monoisotopic (exact) mass is 157 g/mol. The van der Waals surface area contributed by atoms with Crippen LogP contribution in [-0.2, 0) is 5.12 Å². The summed E-state index contributed by atoms with van der Waals surface area (Å²) in [5.41, 5.74) is 10.8. The molecule has 0 aliphatic heterocycles. The molecule has 0 aliphatic carbocycles. The van der Waals surface area contributed by atoms with Crippen LogP contribution >= 0.6 is 12.6 Å². The summed E-state index contributed by atoms with van der Waals surface area (Å²) in [6.45, 7) is 0. The lowest BCUT2D eigenvalue weighted by molar-refractivity contribution is -0.739. The van der Waals surface area contributed by atoms with Crippen molar-refractivity contribution in [3.63, 3.8) is 0 Å². The molecule has 0 fully saturated rings. The fraction of sp³-hybridized carbons (Fsp3) is 0.200. The Morgan fingerprint density at radius 2 is 2.20 bits per heavy atom. The highest BCUT2D eigenvalue weighted by Crippen LogP contribution is 1.91. The van der Waals surface area contributed by atoms with Crippen LogP contribution in [0.5, 0.6) is 0 Å². The summed E-state index contributed by atoms with van der Waals surface area (Å²) in [5.74, 6) is 0. The summed E-state index contributed by atoms with van der Waals surface area (Å²) in [6.07, 6.45) is 4.84. The zero-order valence-electron chi connectivity index (χ0n) is 5.31. The number of hydrogen-bond acceptors (Lipinski definition) is 4. The SMILES string of the molecule is NC(N)(S)[n+]1cccnc1. The average Bonchev–Trinajstić information content (AvgIpc) is 1.88. The molecule has 0 unspecified atom stereocenters. The van der Waals surface area contributed by atoms with E-state index in [1.54, 1.807) is 18.5 Å². The van der Waals surface area contributed by atoms with Gasteiger partial charge in [0.25, 0.3) is 11.4 Å². The fourth-order valence-corrected chi connectivity index (χ4v) is 0.660. The van der Waals surface area contributed by atoms with Crippen LogP contribution in [0.1, 0.15) is 0 Å². The van der Waals surface area contributed by atoms with Gasteiger partial charge in [-0.2, -0.15) is 4.57 Å². The van der Waals surface area contributed by atoms with Crippen molar-refractivity contribution in [3.05, 3.63) is 24.8 Å². The minimum Gasteiger partial charge on any atom is -0.268 e. The Labute approximate surface area is 64.3 Å². The summed E-state index contributed by atoms with van der Waals surface area (Å²) < 4.78 is 1.50. The van der Waals surface area contributed by atoms with Crippen molar-refractivity contribution in [1.29, 1.82) is 0 Å². The van der Waals surface area contributed by atoms with Crippen LogP contribution in [0.3, 0.4) is 0 Å². The second-order valence-electron chi connectivity index (χ2n) is 1.95. The van der Waals surface area contributed by atoms with Crippen LogP contribution in [-0.4, -0.2) is 4.98 Å². The van der Waals surface area contributed by atoms with Gasteiger partial charge in [0.05, 0.1) is 6.20 Å². The minimum absolute atomic E-state index is 1.16. The third kappa shape index (κ3) is 1.66. The molecule has 5 heteroatoms. The molecule has 0 aliphatic rings. The normalized spacial score (nSPS) is 11.5. The predicted molar refractivity (Wildman–Crippen MR) is 39.8 cm³/mol. The lowest BCUT2D eigenvalue weighted by atomic mass is 10.6. The van der Waals surface area contributed by atoms with Gasteiger partial charge in [-0.3, -0.25) is 11.5 Å². The van der Waals surface area contributed by atoms with Crippen molar-refractivity contribution in [2.24, 2.45) is 11.5 Å². The Balaban J connectivity index is 2.97. The van der Waals surface area contributed by atoms with E-state index in [4.69, 9.17) is 11.5 Å². The van der Waals surface area contributed by atoms with E-state index < -0.39 is 5.12 Å². The molecule has 1 heterocycles. The highest BCUT2D eigenvalue weighted by atomic mass is 32.1. The molecule has 4 N–H and O–H groups in total. The Bertz CT molecular complexity index is 205. The van der Waals surface area contributed by atoms with Gasteiger partial charge in [-0.25, -0.2) is 0 Å². The lowest BCUT2D eigenvalue weighted by Crippen LogP contribution is -2.64. The van der Waals surface area contributed by atoms with E-state index in [0.29, 0.717) is 0 Å². The van der Waals surface area contributed by atoms with Gasteiger partial charge >= 0.3 is 0 Å². The minimum atomic E-state index is -1.16. The Morgan fingerprint density at radius 1 is 1.50 bits per heavy atom. The van der Waals surface area contributed by atoms with E-state index >= 15 is 0 Å². The van der Waals surface area contributed by atoms with Crippen LogP contribution in [0.15, 0.2) is 24.8 Å². The molecule has 10 heavy (non-hydrogen) atoms. The van der Waals surface area contributed by atoms with Crippen LogP contribution in [0.4, 0.5) is 0 Å². The van der Waals surface area contributed by atoms with Crippen LogP contribution in [0.25, 0.3) is 0 Å². The molecule has 1 rings (SSSR count). The molecule has 4 nitrogen and oxygen atoms in total. The number of rotatable bonds is 1. The zero-order valence-corrected chi connectivity index (χ0v) is 6.20. The Hall–Kier alpha value is -0.650. The summed E-state index contributed by atoms with van der Waals surface area (Å²) in [5, 5.41) is -1.16. The Kier molecular flexibility index (Phi) is 1.89. The summed E-state index contributed by atoms with van der Waals surface area (Å²) in [6, 6.07) is 1.73. The number of aromatic nitrogens is 2. The first-order valence-electron chi connectivity index (χ1n) is 2.72. The highest BCUT2D eigenvalue weighted by Gasteiger charge is 2.18. The molecule has 54 valence electrons. The van der Waals surface area contributed by atoms with E-state index in [9.17, 15) is 0 Å². The molecule has 0 saturated carbocycles. The van der Waals surface area contributed by atoms with Crippen molar-refractivity contribution in [1.82, 2.24) is 4.98 Å². The summed E-state index contributed by atoms with van der Waals surface area (Å²) in [7, 11) is 0. The van der Waals surface area contributed by atoms with Gasteiger partial charge in [-0.1, -0.05) is 17.6 Å². The highest BCUT2D eigenvalue weighted by molar-refractivity contribution is 7.80. The van der Waals surface area contributed by atoms with Crippen LogP contribution in [0.2, 0.25) is 0 Å². The summed E-state index contributed by atoms with van der Waals surface area (Å²) >= 11 is 3.92. The molecule has 0 spiro atoms. The van der Waals surface area contributed by atoms with Crippen molar-refractivity contribution < 1.29 is 4.57 Å². The van der Waals surface area contributed by atoms with Gasteiger partial charge in [0, 0.05) is 6.07 Å². The van der Waals surface area contributed by atoms with Gasteiger partial charge in [0.15, 0.2) is 0 Å². The van der Waals surface area contributed by atoms with Crippen LogP contribution in [0, 0.1) is 0 Å². The second kappa shape index (κ2) is 2.53. The number of nitrogens with two attached hydrogens (primary N) is 2. The van der Waals surface area contributed by atoms with Crippen LogP contribution < -0.4 is 16.0 Å². The van der Waals surface area contributed by atoms with Crippen molar-refractivity contribution in [2.75, 3.05) is 0 Å². The molecule has 0 radical (unpaired) electrons. The smallest absolute Gasteiger partial charge is 0.268 e. The topological polar surface area (TPSA) is 68.8 Å². The van der Waals surface area contributed by atoms with Gasteiger partial charge in [-0.15, -0.1) is 0 Å². The number of nitrogens with zero attached hydrogens (tertiary/aromatic N) is 2. The first-order chi connectivity index (χ1) is 4.61. The molecular weight excluding hydrogens is 148 g/mol.